The molecule has 2 amide bonds. The van der Waals surface area contributed by atoms with Crippen LogP contribution >= 0.6 is 0 Å². The summed E-state index contributed by atoms with van der Waals surface area (Å²) in [7, 11) is -0.605. The van der Waals surface area contributed by atoms with Crippen molar-refractivity contribution < 1.29 is 33.5 Å². The summed E-state index contributed by atoms with van der Waals surface area (Å²) in [6.07, 6.45) is 1.06. The van der Waals surface area contributed by atoms with Gasteiger partial charge in [-0.2, -0.15) is 0 Å². The number of amides is 2. The number of carbonyl (C=O) groups excluding carboxylic acids is 3. The van der Waals surface area contributed by atoms with Gasteiger partial charge in [0.25, 0.3) is 0 Å². The summed E-state index contributed by atoms with van der Waals surface area (Å²) in [5.41, 5.74) is 0.625. The Labute approximate surface area is 263 Å². The summed E-state index contributed by atoms with van der Waals surface area (Å²) in [4.78, 5) is 39.9. The molecule has 1 aliphatic heterocycles. The highest BCUT2D eigenvalue weighted by Crippen LogP contribution is 2.65. The van der Waals surface area contributed by atoms with Crippen molar-refractivity contribution in [3.63, 3.8) is 0 Å². The van der Waals surface area contributed by atoms with Crippen LogP contribution in [-0.2, 0) is 30.2 Å². The number of hydrogen-bond donors (Lipinski definition) is 3. The van der Waals surface area contributed by atoms with Crippen LogP contribution in [0.1, 0.15) is 93.1 Å². The van der Waals surface area contributed by atoms with E-state index in [0.29, 0.717) is 24.7 Å². The van der Waals surface area contributed by atoms with Crippen LogP contribution < -0.4 is 10.6 Å². The van der Waals surface area contributed by atoms with E-state index in [-0.39, 0.29) is 42.2 Å². The van der Waals surface area contributed by atoms with Crippen molar-refractivity contribution in [2.45, 2.75) is 124 Å². The molecule has 3 aliphatic carbocycles. The van der Waals surface area contributed by atoms with E-state index in [0.717, 1.165) is 18.4 Å². The van der Waals surface area contributed by atoms with Gasteiger partial charge in [-0.15, -0.1) is 0 Å². The Hall–Kier alpha value is -2.43. The number of ether oxygens (including phenoxy) is 1. The second-order valence-electron chi connectivity index (χ2n) is 15.0. The average Bonchev–Trinajstić information content (AvgIpc) is 3.31. The maximum atomic E-state index is 13.7. The summed E-state index contributed by atoms with van der Waals surface area (Å²) in [5, 5.41) is 16.5. The molecule has 10 heteroatoms. The Bertz CT molecular complexity index is 1160. The third-order valence-corrected chi connectivity index (χ3v) is 10.3. The van der Waals surface area contributed by atoms with E-state index in [1.807, 2.05) is 44.2 Å². The van der Waals surface area contributed by atoms with E-state index >= 15 is 0 Å². The summed E-state index contributed by atoms with van der Waals surface area (Å²) in [5.74, 6) is -0.825. The first-order valence-corrected chi connectivity index (χ1v) is 16.4. The van der Waals surface area contributed by atoms with Crippen LogP contribution in [0.15, 0.2) is 30.3 Å². The molecule has 1 aromatic rings. The maximum absolute atomic E-state index is 13.7. The first-order valence-electron chi connectivity index (χ1n) is 16.4. The lowest BCUT2D eigenvalue weighted by atomic mass is 9.43. The molecule has 5 rings (SSSR count). The van der Waals surface area contributed by atoms with Gasteiger partial charge in [-0.05, 0) is 74.2 Å². The Morgan fingerprint density at radius 3 is 2.25 bits per heavy atom. The van der Waals surface area contributed by atoms with Crippen LogP contribution in [0.25, 0.3) is 0 Å². The molecule has 1 saturated heterocycles. The molecule has 1 aromatic carbocycles. The normalized spacial score (nSPS) is 28.0. The average molecular weight is 613 g/mol. The van der Waals surface area contributed by atoms with Gasteiger partial charge in [-0.1, -0.05) is 71.9 Å². The Morgan fingerprint density at radius 1 is 1.00 bits per heavy atom. The number of hydrogen-bond acceptors (Lipinski definition) is 7. The van der Waals surface area contributed by atoms with Gasteiger partial charge in [0.05, 0.1) is 35.7 Å². The van der Waals surface area contributed by atoms with Gasteiger partial charge in [0.2, 0.25) is 5.91 Å². The third-order valence-electron chi connectivity index (χ3n) is 10.3. The maximum Gasteiger partial charge on any atom is 0.481 e. The van der Waals surface area contributed by atoms with Crippen LogP contribution in [0, 0.1) is 35.0 Å². The largest absolute Gasteiger partial charge is 0.481 e. The lowest BCUT2D eigenvalue weighted by molar-refractivity contribution is -0.199. The number of carbonyl (C=O) groups is 3. The quantitative estimate of drug-likeness (QED) is 0.251. The molecule has 1 heterocycles. The minimum absolute atomic E-state index is 0.0190. The predicted octanol–water partition coefficient (Wildman–Crippen LogP) is 5.08. The van der Waals surface area contributed by atoms with E-state index in [2.05, 4.69) is 45.3 Å². The van der Waals surface area contributed by atoms with Crippen molar-refractivity contribution in [2.75, 3.05) is 0 Å². The number of Topliss-reactive ketones (excluding diaryl/α,β-unsaturated/α-hetero) is 1. The van der Waals surface area contributed by atoms with Crippen LogP contribution in [0.4, 0.5) is 4.79 Å². The molecule has 0 aromatic heterocycles. The molecule has 4 aliphatic rings. The molecule has 0 radical (unpaired) electrons. The van der Waals surface area contributed by atoms with Crippen molar-refractivity contribution in [1.82, 2.24) is 10.6 Å². The summed E-state index contributed by atoms with van der Waals surface area (Å²) >= 11 is 0. The smallest absolute Gasteiger partial charge is 0.445 e. The zero-order chi connectivity index (χ0) is 32.4. The minimum Gasteiger partial charge on any atom is -0.445 e. The van der Waals surface area contributed by atoms with Gasteiger partial charge < -0.3 is 29.8 Å². The molecule has 3 N–H and O–H groups in total. The number of benzene rings is 1. The lowest BCUT2D eigenvalue weighted by Crippen LogP contribution is -2.65. The van der Waals surface area contributed by atoms with Gasteiger partial charge in [-0.3, -0.25) is 9.59 Å². The van der Waals surface area contributed by atoms with Crippen LogP contribution in [-0.4, -0.2) is 59.8 Å². The van der Waals surface area contributed by atoms with Gasteiger partial charge in [0.15, 0.2) is 5.78 Å². The van der Waals surface area contributed by atoms with Gasteiger partial charge in [-0.25, -0.2) is 4.79 Å². The highest BCUT2D eigenvalue weighted by Gasteiger charge is 2.68. The molecule has 0 spiro atoms. The van der Waals surface area contributed by atoms with Crippen molar-refractivity contribution in [3.8, 4) is 0 Å². The third kappa shape index (κ3) is 7.68. The molecular weight excluding hydrogens is 559 g/mol. The molecule has 0 unspecified atom stereocenters. The van der Waals surface area contributed by atoms with Crippen LogP contribution in [0.2, 0.25) is 0 Å². The molecule has 4 fully saturated rings. The zero-order valence-electron chi connectivity index (χ0n) is 27.8. The van der Waals surface area contributed by atoms with Crippen molar-refractivity contribution in [3.05, 3.63) is 35.9 Å². The Morgan fingerprint density at radius 2 is 1.66 bits per heavy atom. The minimum atomic E-state index is -1.08. The van der Waals surface area contributed by atoms with E-state index in [1.54, 1.807) is 0 Å². The van der Waals surface area contributed by atoms with E-state index in [1.165, 1.54) is 6.92 Å². The molecule has 8 atom stereocenters. The second-order valence-corrected chi connectivity index (χ2v) is 15.0. The monoisotopic (exact) mass is 612 g/mol. The predicted molar refractivity (Wildman–Crippen MR) is 169 cm³/mol. The zero-order valence-corrected chi connectivity index (χ0v) is 27.8. The summed E-state index contributed by atoms with van der Waals surface area (Å²) in [6.45, 7) is 16.4. The molecule has 9 nitrogen and oxygen atoms in total. The van der Waals surface area contributed by atoms with Crippen LogP contribution in [0.3, 0.4) is 0 Å². The number of nitrogens with one attached hydrogen (secondary N) is 2. The SMILES string of the molecule is CC(C)C[C@H](NC(=O)[C@@H](CC(=O)[C@H](CC(C)C)NC(=O)OCc1ccccc1)[C@@H](C)O)B1O[C@@H]2C[C@H]3C[C@H](C3(C)C)[C@]2(C)O1. The Kier molecular flexibility index (Phi) is 10.9. The molecular formula is C34H53BN2O7. The highest BCUT2D eigenvalue weighted by atomic mass is 16.7. The first kappa shape index (κ1) is 34.4. The van der Waals surface area contributed by atoms with E-state index in [9.17, 15) is 19.5 Å². The lowest BCUT2D eigenvalue weighted by Gasteiger charge is -2.64. The molecule has 2 bridgehead atoms. The van der Waals surface area contributed by atoms with E-state index < -0.39 is 48.7 Å². The number of aliphatic hydroxyl groups is 1. The molecule has 3 saturated carbocycles. The Balaban J connectivity index is 1.41. The molecule has 244 valence electrons. The van der Waals surface area contributed by atoms with Crippen molar-refractivity contribution in [1.29, 1.82) is 0 Å². The van der Waals surface area contributed by atoms with E-state index in [4.69, 9.17) is 14.0 Å². The van der Waals surface area contributed by atoms with Gasteiger partial charge >= 0.3 is 13.2 Å². The van der Waals surface area contributed by atoms with Crippen molar-refractivity contribution >= 4 is 24.9 Å². The standard InChI is InChI=1S/C34H53BN2O7/c1-20(2)14-26(36-32(41)42-19-23-12-10-9-11-13-23)27(39)18-25(22(5)38)31(40)37-30(15-21(3)4)35-43-29-17-24-16-28(33(24,6)7)34(29,8)44-35/h9-13,20-22,24-26,28-30,38H,14-19H2,1-8H3,(H,36,41)(H,37,40)/t22-,24-,25+,26+,28-,29-,30+,34+/m1/s1. The summed E-state index contributed by atoms with van der Waals surface area (Å²) < 4.78 is 18.5. The van der Waals surface area contributed by atoms with Crippen molar-refractivity contribution in [2.24, 2.45) is 35.0 Å². The topological polar surface area (TPSA) is 123 Å². The number of ketones is 1. The fraction of sp³-hybridized carbons (Fsp3) is 0.735. The number of rotatable bonds is 14. The second kappa shape index (κ2) is 13.9. The van der Waals surface area contributed by atoms with Gasteiger partial charge in [0.1, 0.15) is 6.61 Å². The number of aliphatic hydroxyl groups excluding tert-OH is 1. The fourth-order valence-corrected chi connectivity index (χ4v) is 7.60. The van der Waals surface area contributed by atoms with Crippen LogP contribution in [0.5, 0.6) is 0 Å². The fourth-order valence-electron chi connectivity index (χ4n) is 7.60. The molecule has 44 heavy (non-hydrogen) atoms. The number of alkyl carbamates (subject to hydrolysis) is 1. The summed E-state index contributed by atoms with van der Waals surface area (Å²) in [6, 6.07) is 8.44. The first-order chi connectivity index (χ1) is 20.6. The van der Waals surface area contributed by atoms with Gasteiger partial charge in [0, 0.05) is 6.42 Å². The highest BCUT2D eigenvalue weighted by molar-refractivity contribution is 6.47.